The van der Waals surface area contributed by atoms with Gasteiger partial charge in [0.25, 0.3) is 0 Å². The van der Waals surface area contributed by atoms with Gasteiger partial charge in [-0.05, 0) is 50.1 Å². The van der Waals surface area contributed by atoms with Gasteiger partial charge in [-0.1, -0.05) is 24.3 Å². The summed E-state index contributed by atoms with van der Waals surface area (Å²) in [4.78, 5) is 14.7. The average Bonchev–Trinajstić information content (AvgIpc) is 2.71. The van der Waals surface area contributed by atoms with Crippen LogP contribution in [-0.2, 0) is 14.8 Å². The van der Waals surface area contributed by atoms with Crippen molar-refractivity contribution in [1.29, 1.82) is 0 Å². The van der Waals surface area contributed by atoms with Crippen LogP contribution >= 0.6 is 0 Å². The lowest BCUT2D eigenvalue weighted by Crippen LogP contribution is -2.54. The Labute approximate surface area is 171 Å². The summed E-state index contributed by atoms with van der Waals surface area (Å²) in [5.74, 6) is -0.807. The molecule has 1 aliphatic rings. The number of benzene rings is 2. The molecule has 0 aromatic heterocycles. The van der Waals surface area contributed by atoms with Crippen LogP contribution < -0.4 is 5.32 Å². The topological polar surface area (TPSA) is 69.7 Å². The van der Waals surface area contributed by atoms with Crippen LogP contribution in [0.3, 0.4) is 0 Å². The maximum absolute atomic E-state index is 13.8. The second-order valence-corrected chi connectivity index (χ2v) is 9.26. The van der Waals surface area contributed by atoms with E-state index in [1.54, 1.807) is 32.0 Å². The molecule has 0 bridgehead atoms. The zero-order valence-corrected chi connectivity index (χ0v) is 17.7. The van der Waals surface area contributed by atoms with Crippen LogP contribution in [0, 0.1) is 19.7 Å². The van der Waals surface area contributed by atoms with Crippen molar-refractivity contribution in [3.8, 4) is 0 Å². The second-order valence-electron chi connectivity index (χ2n) is 7.35. The molecule has 1 saturated heterocycles. The Morgan fingerprint density at radius 1 is 1.07 bits per heavy atom. The van der Waals surface area contributed by atoms with E-state index in [0.29, 0.717) is 31.1 Å². The molecule has 8 heteroatoms. The molecular formula is C21H26FN3O3S. The van der Waals surface area contributed by atoms with Crippen LogP contribution in [0.25, 0.3) is 0 Å². The van der Waals surface area contributed by atoms with Crippen LogP contribution in [0.15, 0.2) is 47.4 Å². The molecule has 0 aliphatic carbocycles. The zero-order chi connectivity index (χ0) is 21.2. The third-order valence-electron chi connectivity index (χ3n) is 5.29. The van der Waals surface area contributed by atoms with E-state index in [2.05, 4.69) is 5.32 Å². The van der Waals surface area contributed by atoms with Gasteiger partial charge in [-0.2, -0.15) is 4.31 Å². The quantitative estimate of drug-likeness (QED) is 0.809. The Bertz CT molecular complexity index is 1000. The number of anilines is 1. The van der Waals surface area contributed by atoms with Gasteiger partial charge in [-0.3, -0.25) is 9.69 Å². The molecule has 6 nitrogen and oxygen atoms in total. The Hall–Kier alpha value is -2.29. The summed E-state index contributed by atoms with van der Waals surface area (Å²) in [6.45, 7) is 6.85. The van der Waals surface area contributed by atoms with Crippen LogP contribution in [-0.4, -0.2) is 55.8 Å². The molecule has 1 aliphatic heterocycles. The molecule has 0 radical (unpaired) electrons. The molecule has 2 aromatic rings. The van der Waals surface area contributed by atoms with E-state index in [1.807, 2.05) is 24.0 Å². The van der Waals surface area contributed by atoms with Gasteiger partial charge in [-0.25, -0.2) is 12.8 Å². The number of hydrogen-bond donors (Lipinski definition) is 1. The molecule has 2 aromatic carbocycles. The third-order valence-corrected chi connectivity index (χ3v) is 7.33. The number of nitrogens with one attached hydrogen (secondary N) is 1. The molecule has 1 fully saturated rings. The lowest BCUT2D eigenvalue weighted by Gasteiger charge is -2.37. The van der Waals surface area contributed by atoms with Crippen molar-refractivity contribution < 1.29 is 17.6 Å². The highest BCUT2D eigenvalue weighted by atomic mass is 32.2. The maximum atomic E-state index is 13.8. The fraction of sp³-hybridized carbons (Fsp3) is 0.381. The number of rotatable bonds is 5. The van der Waals surface area contributed by atoms with Crippen molar-refractivity contribution in [1.82, 2.24) is 9.21 Å². The van der Waals surface area contributed by atoms with Crippen LogP contribution in [0.1, 0.15) is 18.1 Å². The van der Waals surface area contributed by atoms with Crippen LogP contribution in [0.4, 0.5) is 10.1 Å². The lowest BCUT2D eigenvalue weighted by atomic mass is 10.2. The van der Waals surface area contributed by atoms with Gasteiger partial charge in [0.05, 0.1) is 16.6 Å². The number of carbonyl (C=O) groups excluding carboxylic acids is 1. The van der Waals surface area contributed by atoms with E-state index in [1.165, 1.54) is 16.4 Å². The molecule has 1 N–H and O–H groups in total. The predicted octanol–water partition coefficient (Wildman–Crippen LogP) is 2.78. The molecule has 29 heavy (non-hydrogen) atoms. The van der Waals surface area contributed by atoms with Crippen molar-refractivity contribution >= 4 is 21.6 Å². The largest absolute Gasteiger partial charge is 0.322 e. The monoisotopic (exact) mass is 419 g/mol. The van der Waals surface area contributed by atoms with E-state index in [4.69, 9.17) is 0 Å². The van der Waals surface area contributed by atoms with Crippen LogP contribution in [0.5, 0.6) is 0 Å². The van der Waals surface area contributed by atoms with E-state index in [9.17, 15) is 17.6 Å². The number of carbonyl (C=O) groups is 1. The fourth-order valence-electron chi connectivity index (χ4n) is 3.42. The highest BCUT2D eigenvalue weighted by molar-refractivity contribution is 7.89. The van der Waals surface area contributed by atoms with Crippen molar-refractivity contribution in [3.05, 3.63) is 59.4 Å². The number of aryl methyl sites for hydroxylation is 2. The molecule has 1 unspecified atom stereocenters. The van der Waals surface area contributed by atoms with Crippen LogP contribution in [0.2, 0.25) is 0 Å². The molecule has 156 valence electrons. The first-order valence-electron chi connectivity index (χ1n) is 9.57. The fourth-order valence-corrected chi connectivity index (χ4v) is 5.15. The van der Waals surface area contributed by atoms with Crippen molar-refractivity contribution in [2.45, 2.75) is 31.7 Å². The number of para-hydroxylation sites is 1. The van der Waals surface area contributed by atoms with E-state index in [0.717, 1.165) is 11.1 Å². The molecular weight excluding hydrogens is 393 g/mol. The molecule has 0 spiro atoms. The summed E-state index contributed by atoms with van der Waals surface area (Å²) in [5, 5.41) is 2.60. The third kappa shape index (κ3) is 4.66. The highest BCUT2D eigenvalue weighted by Gasteiger charge is 2.32. The second kappa shape index (κ2) is 8.61. The SMILES string of the molecule is Cc1ccc(C)c(S(=O)(=O)N2CCN(C(C)C(=O)Nc3ccccc3F)CC2)c1. The van der Waals surface area contributed by atoms with Gasteiger partial charge >= 0.3 is 0 Å². The first-order valence-corrected chi connectivity index (χ1v) is 11.0. The number of hydrogen-bond acceptors (Lipinski definition) is 4. The lowest BCUT2D eigenvalue weighted by molar-refractivity contribution is -0.121. The molecule has 1 atom stereocenters. The van der Waals surface area contributed by atoms with Crippen molar-refractivity contribution in [3.63, 3.8) is 0 Å². The summed E-state index contributed by atoms with van der Waals surface area (Å²) < 4.78 is 41.3. The Kier molecular flexibility index (Phi) is 6.36. The van der Waals surface area contributed by atoms with Gasteiger partial charge in [0.2, 0.25) is 15.9 Å². The summed E-state index contributed by atoms with van der Waals surface area (Å²) in [6, 6.07) is 10.9. The number of nitrogens with zero attached hydrogens (tertiary/aromatic N) is 2. The van der Waals surface area contributed by atoms with Gasteiger partial charge < -0.3 is 5.32 Å². The zero-order valence-electron chi connectivity index (χ0n) is 16.9. The van der Waals surface area contributed by atoms with Crippen molar-refractivity contribution in [2.24, 2.45) is 0 Å². The summed E-state index contributed by atoms with van der Waals surface area (Å²) in [6.07, 6.45) is 0. The summed E-state index contributed by atoms with van der Waals surface area (Å²) in [7, 11) is -3.58. The first kappa shape index (κ1) is 21.4. The Morgan fingerprint density at radius 2 is 1.72 bits per heavy atom. The molecule has 3 rings (SSSR count). The standard InChI is InChI=1S/C21H26FN3O3S/c1-15-8-9-16(2)20(14-15)29(27,28)25-12-10-24(11-13-25)17(3)21(26)23-19-7-5-4-6-18(19)22/h4-9,14,17H,10-13H2,1-3H3,(H,23,26). The first-order chi connectivity index (χ1) is 13.7. The summed E-state index contributed by atoms with van der Waals surface area (Å²) in [5.41, 5.74) is 1.75. The van der Waals surface area contributed by atoms with Gasteiger partial charge in [-0.15, -0.1) is 0 Å². The minimum Gasteiger partial charge on any atom is -0.322 e. The Balaban J connectivity index is 1.64. The molecule has 1 amide bonds. The van der Waals surface area contributed by atoms with Gasteiger partial charge in [0, 0.05) is 26.2 Å². The normalized spacial score (nSPS) is 17.1. The number of halogens is 1. The minimum atomic E-state index is -3.58. The van der Waals surface area contributed by atoms with Crippen molar-refractivity contribution in [2.75, 3.05) is 31.5 Å². The van der Waals surface area contributed by atoms with E-state index >= 15 is 0 Å². The molecule has 0 saturated carbocycles. The van der Waals surface area contributed by atoms with Gasteiger partial charge in [0.1, 0.15) is 5.82 Å². The maximum Gasteiger partial charge on any atom is 0.243 e. The van der Waals surface area contributed by atoms with Gasteiger partial charge in [0.15, 0.2) is 0 Å². The highest BCUT2D eigenvalue weighted by Crippen LogP contribution is 2.23. The number of amides is 1. The smallest absolute Gasteiger partial charge is 0.243 e. The Morgan fingerprint density at radius 3 is 2.38 bits per heavy atom. The average molecular weight is 420 g/mol. The summed E-state index contributed by atoms with van der Waals surface area (Å²) >= 11 is 0. The van der Waals surface area contributed by atoms with E-state index < -0.39 is 21.9 Å². The number of piperazine rings is 1. The minimum absolute atomic E-state index is 0.139. The molecule has 1 heterocycles. The predicted molar refractivity (Wildman–Crippen MR) is 111 cm³/mol. The number of sulfonamides is 1. The van der Waals surface area contributed by atoms with E-state index in [-0.39, 0.29) is 11.6 Å².